The molecule has 0 saturated carbocycles. The van der Waals surface area contributed by atoms with Gasteiger partial charge in [0, 0.05) is 0 Å². The average Bonchev–Trinajstić information content (AvgIpc) is 2.11. The summed E-state index contributed by atoms with van der Waals surface area (Å²) in [5, 5.41) is 0. The molecule has 0 radical (unpaired) electrons. The predicted octanol–water partition coefficient (Wildman–Crippen LogP) is 3.48. The van der Waals surface area contributed by atoms with E-state index >= 15 is 0 Å². The van der Waals surface area contributed by atoms with Gasteiger partial charge in [-0.25, -0.2) is 0 Å². The van der Waals surface area contributed by atoms with E-state index in [9.17, 15) is 0 Å². The molecule has 2 heteroatoms. The second kappa shape index (κ2) is 15.0. The van der Waals surface area contributed by atoms with Gasteiger partial charge in [0.2, 0.25) is 0 Å². The molecule has 13 heavy (non-hydrogen) atoms. The minimum absolute atomic E-state index is 0. The summed E-state index contributed by atoms with van der Waals surface area (Å²) in [5.41, 5.74) is 1.41. The minimum atomic E-state index is 0. The number of aryl methyl sites for hydroxylation is 1. The molecule has 0 fully saturated rings. The van der Waals surface area contributed by atoms with Crippen molar-refractivity contribution in [1.82, 2.24) is 0 Å². The van der Waals surface area contributed by atoms with Crippen molar-refractivity contribution >= 4 is 40.0 Å². The molecule has 0 aliphatic rings. The number of benzene rings is 1. The summed E-state index contributed by atoms with van der Waals surface area (Å²) in [6, 6.07) is 11.1. The van der Waals surface area contributed by atoms with Crippen molar-refractivity contribution in [3.05, 3.63) is 42.8 Å². The second-order valence-electron chi connectivity index (χ2n) is 2.16. The van der Waals surface area contributed by atoms with Crippen LogP contribution in [0.25, 0.3) is 0 Å². The summed E-state index contributed by atoms with van der Waals surface area (Å²) < 4.78 is 0. The zero-order chi connectivity index (χ0) is 8.53. The van der Waals surface area contributed by atoms with E-state index in [1.165, 1.54) is 18.4 Å². The Hall–Kier alpha value is 0.466. The molecule has 0 atom stereocenters. The fraction of sp³-hybridized carbons (Fsp3) is 0.364. The van der Waals surface area contributed by atoms with E-state index in [2.05, 4.69) is 32.0 Å². The summed E-state index contributed by atoms with van der Waals surface area (Å²) in [5.74, 6) is 0. The summed E-state index contributed by atoms with van der Waals surface area (Å²) in [7, 11) is 0. The third-order valence-corrected chi connectivity index (χ3v) is 1.33. The first-order valence-corrected chi connectivity index (χ1v) is 4.09. The Morgan fingerprint density at radius 2 is 1.69 bits per heavy atom. The molecule has 0 bridgehead atoms. The third kappa shape index (κ3) is 10.4. The molecule has 0 N–H and O–H groups in total. The molecule has 0 unspecified atom stereocenters. The van der Waals surface area contributed by atoms with Gasteiger partial charge >= 0.3 is 23.1 Å². The zero-order valence-electron chi connectivity index (χ0n) is 8.55. The maximum Gasteiger partial charge on any atom is 2.00 e. The van der Waals surface area contributed by atoms with Gasteiger partial charge in [-0.05, 0) is 0 Å². The standard InChI is InChI=1S/C9H11.C2H5.BrH.Mg/c1-2-6-9-7-4-3-5-8-9;1-2;;/h4-5,7-8H,2,6H2,1H3;1H2,2H3;1H;/q2*-1;;+2. The molecule has 0 heterocycles. The Labute approximate surface area is 109 Å². The minimum Gasteiger partial charge on any atom is -0.346 e. The van der Waals surface area contributed by atoms with Gasteiger partial charge in [0.15, 0.2) is 0 Å². The van der Waals surface area contributed by atoms with Gasteiger partial charge in [0.1, 0.15) is 0 Å². The Morgan fingerprint density at radius 1 is 1.23 bits per heavy atom. The summed E-state index contributed by atoms with van der Waals surface area (Å²) >= 11 is 0. The average molecular weight is 253 g/mol. The van der Waals surface area contributed by atoms with Crippen molar-refractivity contribution < 1.29 is 0 Å². The number of hydrogen-bond donors (Lipinski definition) is 0. The molecule has 0 aliphatic carbocycles. The molecule has 0 amide bonds. The Kier molecular flexibility index (Phi) is 22.0. The molecule has 1 rings (SSSR count). The van der Waals surface area contributed by atoms with E-state index in [1.54, 1.807) is 6.92 Å². The Morgan fingerprint density at radius 3 is 2.08 bits per heavy atom. The molecule has 0 saturated heterocycles. The van der Waals surface area contributed by atoms with Gasteiger partial charge in [-0.15, -0.1) is 17.0 Å². The van der Waals surface area contributed by atoms with Crippen LogP contribution in [-0.4, -0.2) is 23.1 Å². The molecule has 0 aromatic heterocycles. The quantitative estimate of drug-likeness (QED) is 0.559. The molecular formula is C11H17BrMg. The normalized spacial score (nSPS) is 7.00. The summed E-state index contributed by atoms with van der Waals surface area (Å²) in [4.78, 5) is 0. The number of rotatable bonds is 2. The SMILES string of the molecule is Br.CCCc1cc[c-]cc1.[CH2-]C.[Mg+2]. The van der Waals surface area contributed by atoms with Crippen molar-refractivity contribution in [1.29, 1.82) is 0 Å². The summed E-state index contributed by atoms with van der Waals surface area (Å²) in [6.07, 6.45) is 2.42. The molecular weight excluding hydrogens is 236 g/mol. The fourth-order valence-corrected chi connectivity index (χ4v) is 0.877. The topological polar surface area (TPSA) is 0 Å². The Balaban J connectivity index is -0.000000234. The van der Waals surface area contributed by atoms with Crippen molar-refractivity contribution in [2.24, 2.45) is 0 Å². The van der Waals surface area contributed by atoms with Crippen LogP contribution in [0.4, 0.5) is 0 Å². The van der Waals surface area contributed by atoms with E-state index < -0.39 is 0 Å². The summed E-state index contributed by atoms with van der Waals surface area (Å²) in [6.45, 7) is 7.19. The van der Waals surface area contributed by atoms with Crippen LogP contribution < -0.4 is 0 Å². The maximum atomic E-state index is 3.25. The Bertz CT molecular complexity index is 163. The zero-order valence-corrected chi connectivity index (χ0v) is 11.7. The van der Waals surface area contributed by atoms with E-state index in [0.29, 0.717) is 0 Å². The molecule has 0 nitrogen and oxygen atoms in total. The van der Waals surface area contributed by atoms with E-state index in [4.69, 9.17) is 0 Å². The van der Waals surface area contributed by atoms with Gasteiger partial charge in [-0.2, -0.15) is 42.8 Å². The van der Waals surface area contributed by atoms with Crippen molar-refractivity contribution in [2.45, 2.75) is 26.7 Å². The molecule has 1 aromatic rings. The third-order valence-electron chi connectivity index (χ3n) is 1.33. The first kappa shape index (κ1) is 19.1. The molecule has 0 spiro atoms. The fourth-order valence-electron chi connectivity index (χ4n) is 0.877. The van der Waals surface area contributed by atoms with Gasteiger partial charge in [0.05, 0.1) is 0 Å². The van der Waals surface area contributed by atoms with Crippen LogP contribution in [0.5, 0.6) is 0 Å². The van der Waals surface area contributed by atoms with Crippen LogP contribution >= 0.6 is 17.0 Å². The van der Waals surface area contributed by atoms with Crippen molar-refractivity contribution in [3.8, 4) is 0 Å². The molecule has 0 aliphatic heterocycles. The predicted molar refractivity (Wildman–Crippen MR) is 66.4 cm³/mol. The van der Waals surface area contributed by atoms with E-state index in [-0.39, 0.29) is 40.0 Å². The molecule has 70 valence electrons. The second-order valence-corrected chi connectivity index (χ2v) is 2.16. The van der Waals surface area contributed by atoms with Crippen LogP contribution in [0.3, 0.4) is 0 Å². The van der Waals surface area contributed by atoms with Crippen molar-refractivity contribution in [3.63, 3.8) is 0 Å². The van der Waals surface area contributed by atoms with Gasteiger partial charge < -0.3 is 6.92 Å². The number of hydrogen-bond acceptors (Lipinski definition) is 0. The van der Waals surface area contributed by atoms with E-state index in [0.717, 1.165) is 0 Å². The van der Waals surface area contributed by atoms with Crippen LogP contribution in [0.2, 0.25) is 0 Å². The first-order valence-electron chi connectivity index (χ1n) is 4.09. The van der Waals surface area contributed by atoms with Gasteiger partial charge in [-0.1, -0.05) is 19.8 Å². The largest absolute Gasteiger partial charge is 2.00 e. The monoisotopic (exact) mass is 252 g/mol. The van der Waals surface area contributed by atoms with Gasteiger partial charge in [0.25, 0.3) is 0 Å². The van der Waals surface area contributed by atoms with Crippen molar-refractivity contribution in [2.75, 3.05) is 0 Å². The smallest absolute Gasteiger partial charge is 0.346 e. The first-order chi connectivity index (χ1) is 5.43. The van der Waals surface area contributed by atoms with Gasteiger partial charge in [-0.3, -0.25) is 0 Å². The van der Waals surface area contributed by atoms with Crippen LogP contribution in [-0.2, 0) is 6.42 Å². The molecule has 1 aromatic carbocycles. The van der Waals surface area contributed by atoms with Crippen LogP contribution in [0.15, 0.2) is 24.3 Å². The number of halogens is 1. The van der Waals surface area contributed by atoms with E-state index in [1.807, 2.05) is 12.1 Å². The maximum absolute atomic E-state index is 3.25. The van der Waals surface area contributed by atoms with Crippen LogP contribution in [0, 0.1) is 13.0 Å². The van der Waals surface area contributed by atoms with Crippen LogP contribution in [0.1, 0.15) is 25.8 Å².